The Hall–Kier alpha value is -3.01. The average Bonchev–Trinajstić information content (AvgIpc) is 3.11. The Bertz CT molecular complexity index is 1020. The highest BCUT2D eigenvalue weighted by Crippen LogP contribution is 2.25. The van der Waals surface area contributed by atoms with Crippen LogP contribution in [0.4, 0.5) is 5.69 Å². The van der Waals surface area contributed by atoms with Crippen molar-refractivity contribution in [2.45, 2.75) is 38.7 Å². The largest absolute Gasteiger partial charge is 0.312 e. The third-order valence-electron chi connectivity index (χ3n) is 4.11. The lowest BCUT2D eigenvalue weighted by atomic mass is 10.1. The van der Waals surface area contributed by atoms with E-state index in [0.717, 1.165) is 11.1 Å². The van der Waals surface area contributed by atoms with Crippen molar-refractivity contribution in [1.29, 1.82) is 0 Å². The first-order valence-electron chi connectivity index (χ1n) is 8.21. The molecule has 3 rings (SSSR count). The van der Waals surface area contributed by atoms with Crippen molar-refractivity contribution in [3.8, 4) is 0 Å². The lowest BCUT2D eigenvalue weighted by Crippen LogP contribution is -2.02. The van der Waals surface area contributed by atoms with Crippen LogP contribution in [0.1, 0.15) is 28.3 Å². The molecular weight excluding hydrogens is 366 g/mol. The molecule has 2 heterocycles. The maximum Gasteiger partial charge on any atom is 0.312 e. The van der Waals surface area contributed by atoms with Gasteiger partial charge in [-0.3, -0.25) is 14.8 Å². The molecule has 2 aromatic heterocycles. The topological polar surface area (TPSA) is 104 Å². The van der Waals surface area contributed by atoms with Crippen molar-refractivity contribution in [3.05, 3.63) is 62.7 Å². The maximum atomic E-state index is 11.1. The number of hydrogen-bond donors (Lipinski definition) is 0. The first-order valence-corrected chi connectivity index (χ1v) is 9.20. The molecule has 0 aliphatic carbocycles. The van der Waals surface area contributed by atoms with Gasteiger partial charge < -0.3 is 0 Å². The molecule has 0 atom stereocenters. The molecule has 27 heavy (non-hydrogen) atoms. The molecule has 1 aromatic carbocycles. The Morgan fingerprint density at radius 1 is 1.22 bits per heavy atom. The molecule has 0 radical (unpaired) electrons. The summed E-state index contributed by atoms with van der Waals surface area (Å²) in [5.41, 5.74) is 3.09. The van der Waals surface area contributed by atoms with Crippen LogP contribution in [-0.4, -0.2) is 35.8 Å². The van der Waals surface area contributed by atoms with Gasteiger partial charge in [-0.1, -0.05) is 36.0 Å². The van der Waals surface area contributed by atoms with Crippen LogP contribution in [0.15, 0.2) is 34.5 Å². The predicted molar refractivity (Wildman–Crippen MR) is 103 cm³/mol. The molecule has 0 aliphatic rings. The summed E-state index contributed by atoms with van der Waals surface area (Å²) >= 11 is 1.36. The second kappa shape index (κ2) is 7.70. The molecule has 0 amide bonds. The van der Waals surface area contributed by atoms with Gasteiger partial charge in [-0.05, 0) is 38.8 Å². The summed E-state index contributed by atoms with van der Waals surface area (Å²) in [5.74, 6) is 1.03. The van der Waals surface area contributed by atoms with Gasteiger partial charge in [0.2, 0.25) is 5.16 Å². The fourth-order valence-electron chi connectivity index (χ4n) is 2.61. The van der Waals surface area contributed by atoms with Crippen LogP contribution in [0.3, 0.4) is 0 Å². The summed E-state index contributed by atoms with van der Waals surface area (Å²) in [5, 5.41) is 28.7. The minimum atomic E-state index is -0.405. The highest BCUT2D eigenvalue weighted by atomic mass is 32.2. The van der Waals surface area contributed by atoms with Gasteiger partial charge in [-0.2, -0.15) is 14.9 Å². The fourth-order valence-corrected chi connectivity index (χ4v) is 3.50. The Balaban J connectivity index is 1.81. The van der Waals surface area contributed by atoms with E-state index < -0.39 is 4.92 Å². The van der Waals surface area contributed by atoms with E-state index in [1.54, 1.807) is 29.4 Å². The van der Waals surface area contributed by atoms with E-state index in [0.29, 0.717) is 28.2 Å². The zero-order valence-corrected chi connectivity index (χ0v) is 16.3. The summed E-state index contributed by atoms with van der Waals surface area (Å²) in [6.07, 6.45) is 1.77. The van der Waals surface area contributed by atoms with Crippen molar-refractivity contribution in [2.24, 2.45) is 5.10 Å². The lowest BCUT2D eigenvalue weighted by molar-refractivity contribution is -0.386. The van der Waals surface area contributed by atoms with E-state index in [1.807, 2.05) is 38.1 Å². The number of thioether (sulfide) groups is 1. The van der Waals surface area contributed by atoms with Crippen LogP contribution < -0.4 is 0 Å². The van der Waals surface area contributed by atoms with E-state index in [-0.39, 0.29) is 5.69 Å². The normalized spacial score (nSPS) is 11.4. The van der Waals surface area contributed by atoms with E-state index in [9.17, 15) is 10.1 Å². The molecule has 0 unspecified atom stereocenters. The molecule has 0 spiro atoms. The highest BCUT2D eigenvalue weighted by molar-refractivity contribution is 7.98. The van der Waals surface area contributed by atoms with Gasteiger partial charge in [0.1, 0.15) is 11.4 Å². The minimum Gasteiger partial charge on any atom is -0.258 e. The zero-order chi connectivity index (χ0) is 19.6. The summed E-state index contributed by atoms with van der Waals surface area (Å²) in [6.45, 7) is 7.16. The third-order valence-corrected chi connectivity index (χ3v) is 5.00. The molecular formula is C17H19N7O2S. The quantitative estimate of drug-likeness (QED) is 0.279. The molecule has 140 valence electrons. The van der Waals surface area contributed by atoms with E-state index in [1.165, 1.54) is 11.8 Å². The van der Waals surface area contributed by atoms with Gasteiger partial charge in [-0.25, -0.2) is 0 Å². The van der Waals surface area contributed by atoms with Crippen LogP contribution in [0.25, 0.3) is 0 Å². The van der Waals surface area contributed by atoms with Crippen LogP contribution in [-0.2, 0) is 5.88 Å². The van der Waals surface area contributed by atoms with E-state index in [2.05, 4.69) is 20.4 Å². The maximum absolute atomic E-state index is 11.1. The fraction of sp³-hybridized carbons (Fsp3) is 0.294. The molecule has 0 bridgehead atoms. The van der Waals surface area contributed by atoms with E-state index >= 15 is 0 Å². The van der Waals surface area contributed by atoms with E-state index in [4.69, 9.17) is 0 Å². The summed E-state index contributed by atoms with van der Waals surface area (Å²) < 4.78 is 3.24. The monoisotopic (exact) mass is 385 g/mol. The van der Waals surface area contributed by atoms with Gasteiger partial charge in [-0.15, -0.1) is 10.2 Å². The van der Waals surface area contributed by atoms with Crippen LogP contribution in [0.2, 0.25) is 0 Å². The molecule has 10 heteroatoms. The predicted octanol–water partition coefficient (Wildman–Crippen LogP) is 3.25. The highest BCUT2D eigenvalue weighted by Gasteiger charge is 2.22. The van der Waals surface area contributed by atoms with Gasteiger partial charge in [0.25, 0.3) is 0 Å². The molecule has 3 aromatic rings. The molecule has 0 N–H and O–H groups in total. The number of hydrogen-bond acceptors (Lipinski definition) is 7. The molecule has 0 saturated carbocycles. The number of aryl methyl sites for hydroxylation is 3. The second-order valence-electron chi connectivity index (χ2n) is 5.99. The van der Waals surface area contributed by atoms with Crippen molar-refractivity contribution < 1.29 is 4.92 Å². The summed E-state index contributed by atoms with van der Waals surface area (Å²) in [6, 6.07) is 7.94. The standard InChI is InChI=1S/C17H19N7O2S/c1-11-7-5-6-8-15(11)9-18-23-14(4)19-20-17(23)27-10-22-13(3)16(24(25)26)12(2)21-22/h5-9H,10H2,1-4H3/b18-9-. The Labute approximate surface area is 160 Å². The summed E-state index contributed by atoms with van der Waals surface area (Å²) in [4.78, 5) is 10.7. The second-order valence-corrected chi connectivity index (χ2v) is 6.90. The van der Waals surface area contributed by atoms with Crippen molar-refractivity contribution in [2.75, 3.05) is 0 Å². The average molecular weight is 385 g/mol. The molecule has 0 fully saturated rings. The van der Waals surface area contributed by atoms with Crippen LogP contribution in [0.5, 0.6) is 0 Å². The molecule has 0 saturated heterocycles. The summed E-state index contributed by atoms with van der Waals surface area (Å²) in [7, 11) is 0. The zero-order valence-electron chi connectivity index (χ0n) is 15.4. The molecule has 9 nitrogen and oxygen atoms in total. The first kappa shape index (κ1) is 18.8. The number of aromatic nitrogens is 5. The van der Waals surface area contributed by atoms with Gasteiger partial charge in [0.05, 0.1) is 17.0 Å². The lowest BCUT2D eigenvalue weighted by Gasteiger charge is -2.04. The Morgan fingerprint density at radius 3 is 2.63 bits per heavy atom. The van der Waals surface area contributed by atoms with Crippen LogP contribution >= 0.6 is 11.8 Å². The number of rotatable bonds is 6. The Morgan fingerprint density at radius 2 is 1.96 bits per heavy atom. The van der Waals surface area contributed by atoms with Crippen LogP contribution in [0, 0.1) is 37.8 Å². The smallest absolute Gasteiger partial charge is 0.258 e. The minimum absolute atomic E-state index is 0.0471. The number of benzene rings is 1. The SMILES string of the molecule is Cc1ccccc1/C=N\n1c(C)nnc1SCn1nc(C)c([N+](=O)[O-])c1C. The van der Waals surface area contributed by atoms with Gasteiger partial charge in [0, 0.05) is 0 Å². The number of nitrogens with zero attached hydrogens (tertiary/aromatic N) is 7. The van der Waals surface area contributed by atoms with Crippen molar-refractivity contribution >= 4 is 23.7 Å². The molecule has 0 aliphatic heterocycles. The van der Waals surface area contributed by atoms with Crippen molar-refractivity contribution in [3.63, 3.8) is 0 Å². The van der Waals surface area contributed by atoms with Crippen molar-refractivity contribution in [1.82, 2.24) is 24.7 Å². The van der Waals surface area contributed by atoms with Gasteiger partial charge >= 0.3 is 5.69 Å². The first-order chi connectivity index (χ1) is 12.9. The third kappa shape index (κ3) is 3.90. The van der Waals surface area contributed by atoms with Gasteiger partial charge in [0.15, 0.2) is 5.82 Å². The number of nitro groups is 1. The Kier molecular flexibility index (Phi) is 5.36.